The smallest absolute Gasteiger partial charge is 0.282 e. The molecule has 0 bridgehead atoms. The van der Waals surface area contributed by atoms with E-state index >= 15 is 0 Å². The predicted octanol–water partition coefficient (Wildman–Crippen LogP) is 5.31. The SMILES string of the molecule is COc1ccc(C=C2N=C(c3ccccc3OC)N(c3ccc(Br)cc3)C2=O)cc1OC. The second-order valence-electron chi connectivity index (χ2n) is 6.90. The van der Waals surface area contributed by atoms with E-state index < -0.39 is 0 Å². The van der Waals surface area contributed by atoms with Crippen LogP contribution in [0.4, 0.5) is 5.69 Å². The van der Waals surface area contributed by atoms with Gasteiger partial charge in [-0.3, -0.25) is 9.69 Å². The summed E-state index contributed by atoms with van der Waals surface area (Å²) in [6.45, 7) is 0. The van der Waals surface area contributed by atoms with Gasteiger partial charge in [0.1, 0.15) is 11.4 Å². The predicted molar refractivity (Wildman–Crippen MR) is 129 cm³/mol. The van der Waals surface area contributed by atoms with E-state index in [9.17, 15) is 4.79 Å². The van der Waals surface area contributed by atoms with Gasteiger partial charge in [-0.25, -0.2) is 4.99 Å². The number of amidine groups is 1. The summed E-state index contributed by atoms with van der Waals surface area (Å²) in [5.41, 5.74) is 2.51. The van der Waals surface area contributed by atoms with Crippen molar-refractivity contribution >= 4 is 39.4 Å². The molecule has 1 aliphatic rings. The highest BCUT2D eigenvalue weighted by atomic mass is 79.9. The molecule has 0 unspecified atom stereocenters. The molecule has 6 nitrogen and oxygen atoms in total. The summed E-state index contributed by atoms with van der Waals surface area (Å²) in [4.78, 5) is 19.8. The summed E-state index contributed by atoms with van der Waals surface area (Å²) in [6, 6.07) is 20.5. The third-order valence-corrected chi connectivity index (χ3v) is 5.53. The van der Waals surface area contributed by atoms with Crippen LogP contribution in [0.15, 0.2) is 81.9 Å². The molecule has 1 heterocycles. The highest BCUT2D eigenvalue weighted by Gasteiger charge is 2.33. The molecule has 7 heteroatoms. The molecule has 0 atom stereocenters. The molecule has 4 rings (SSSR count). The maximum atomic E-state index is 13.5. The van der Waals surface area contributed by atoms with Crippen LogP contribution in [-0.4, -0.2) is 33.1 Å². The molecule has 3 aromatic carbocycles. The number of ether oxygens (including phenoxy) is 3. The Morgan fingerprint density at radius 3 is 2.22 bits per heavy atom. The van der Waals surface area contributed by atoms with Gasteiger partial charge in [-0.1, -0.05) is 34.1 Å². The third-order valence-electron chi connectivity index (χ3n) is 5.00. The first-order valence-electron chi connectivity index (χ1n) is 9.81. The molecule has 1 aliphatic heterocycles. The molecule has 32 heavy (non-hydrogen) atoms. The maximum Gasteiger partial charge on any atom is 0.282 e. The topological polar surface area (TPSA) is 60.4 Å². The van der Waals surface area contributed by atoms with E-state index in [2.05, 4.69) is 15.9 Å². The summed E-state index contributed by atoms with van der Waals surface area (Å²) < 4.78 is 17.1. The van der Waals surface area contributed by atoms with Crippen molar-refractivity contribution < 1.29 is 19.0 Å². The van der Waals surface area contributed by atoms with Crippen LogP contribution in [0.2, 0.25) is 0 Å². The van der Waals surface area contributed by atoms with E-state index in [0.29, 0.717) is 34.5 Å². The normalized spacial score (nSPS) is 14.5. The number of amides is 1. The lowest BCUT2D eigenvalue weighted by Gasteiger charge is -2.20. The number of hydrogen-bond acceptors (Lipinski definition) is 5. The minimum atomic E-state index is -0.233. The Morgan fingerprint density at radius 1 is 0.844 bits per heavy atom. The number of methoxy groups -OCH3 is 3. The number of hydrogen-bond donors (Lipinski definition) is 0. The molecule has 0 N–H and O–H groups in total. The van der Waals surface area contributed by atoms with Crippen LogP contribution in [0.1, 0.15) is 11.1 Å². The number of carbonyl (C=O) groups is 1. The Hall–Kier alpha value is -3.58. The van der Waals surface area contributed by atoms with Gasteiger partial charge in [-0.05, 0) is 60.2 Å². The van der Waals surface area contributed by atoms with Gasteiger partial charge in [0.15, 0.2) is 17.3 Å². The van der Waals surface area contributed by atoms with Crippen molar-refractivity contribution in [3.63, 3.8) is 0 Å². The highest BCUT2D eigenvalue weighted by Crippen LogP contribution is 2.33. The molecule has 3 aromatic rings. The van der Waals surface area contributed by atoms with Gasteiger partial charge in [0.05, 0.1) is 32.6 Å². The molecule has 0 spiro atoms. The number of halogens is 1. The lowest BCUT2D eigenvalue weighted by molar-refractivity contribution is -0.113. The highest BCUT2D eigenvalue weighted by molar-refractivity contribution is 9.10. The van der Waals surface area contributed by atoms with Crippen molar-refractivity contribution in [3.8, 4) is 17.2 Å². The summed E-state index contributed by atoms with van der Waals surface area (Å²) in [7, 11) is 4.75. The molecular formula is C25H21BrN2O4. The number of nitrogens with zero attached hydrogens (tertiary/aromatic N) is 2. The lowest BCUT2D eigenvalue weighted by atomic mass is 10.1. The second kappa shape index (κ2) is 9.28. The molecular weight excluding hydrogens is 472 g/mol. The summed E-state index contributed by atoms with van der Waals surface area (Å²) in [5.74, 6) is 2.09. The van der Waals surface area contributed by atoms with Crippen molar-refractivity contribution in [1.29, 1.82) is 0 Å². The largest absolute Gasteiger partial charge is 0.496 e. The molecule has 0 fully saturated rings. The zero-order valence-corrected chi connectivity index (χ0v) is 19.4. The Kier molecular flexibility index (Phi) is 6.28. The second-order valence-corrected chi connectivity index (χ2v) is 7.81. The minimum Gasteiger partial charge on any atom is -0.496 e. The fourth-order valence-electron chi connectivity index (χ4n) is 3.46. The number of aliphatic imine (C=N–C) groups is 1. The lowest BCUT2D eigenvalue weighted by Crippen LogP contribution is -2.32. The first-order chi connectivity index (χ1) is 15.5. The van der Waals surface area contributed by atoms with E-state index in [1.807, 2.05) is 54.6 Å². The molecule has 0 aliphatic carbocycles. The Bertz CT molecular complexity index is 1220. The van der Waals surface area contributed by atoms with Gasteiger partial charge in [0, 0.05) is 4.47 Å². The van der Waals surface area contributed by atoms with Gasteiger partial charge >= 0.3 is 0 Å². The number of anilines is 1. The van der Waals surface area contributed by atoms with Gasteiger partial charge in [0.25, 0.3) is 5.91 Å². The van der Waals surface area contributed by atoms with E-state index in [4.69, 9.17) is 19.2 Å². The zero-order chi connectivity index (χ0) is 22.7. The van der Waals surface area contributed by atoms with Crippen molar-refractivity contribution in [2.75, 3.05) is 26.2 Å². The molecule has 0 saturated carbocycles. The van der Waals surface area contributed by atoms with E-state index in [1.165, 1.54) is 0 Å². The molecule has 0 radical (unpaired) electrons. The number of para-hydroxylation sites is 1. The quantitative estimate of drug-likeness (QED) is 0.437. The average molecular weight is 493 g/mol. The average Bonchev–Trinajstić information content (AvgIpc) is 3.15. The Labute approximate surface area is 194 Å². The molecule has 0 saturated heterocycles. The maximum absolute atomic E-state index is 13.5. The third kappa shape index (κ3) is 4.11. The summed E-state index contributed by atoms with van der Waals surface area (Å²) in [5, 5.41) is 0. The van der Waals surface area contributed by atoms with Crippen LogP contribution in [0.3, 0.4) is 0 Å². The molecule has 162 valence electrons. The molecule has 0 aromatic heterocycles. The Balaban J connectivity index is 1.84. The zero-order valence-electron chi connectivity index (χ0n) is 17.8. The van der Waals surface area contributed by atoms with Crippen LogP contribution < -0.4 is 19.1 Å². The summed E-state index contributed by atoms with van der Waals surface area (Å²) >= 11 is 3.45. The van der Waals surface area contributed by atoms with Gasteiger partial charge in [0.2, 0.25) is 0 Å². The first kappa shape index (κ1) is 21.6. The van der Waals surface area contributed by atoms with Crippen LogP contribution in [0.25, 0.3) is 6.08 Å². The van der Waals surface area contributed by atoms with Gasteiger partial charge in [-0.15, -0.1) is 0 Å². The summed E-state index contributed by atoms with van der Waals surface area (Å²) in [6.07, 6.45) is 1.73. The number of benzene rings is 3. The van der Waals surface area contributed by atoms with Crippen LogP contribution >= 0.6 is 15.9 Å². The van der Waals surface area contributed by atoms with Crippen molar-refractivity contribution in [1.82, 2.24) is 0 Å². The van der Waals surface area contributed by atoms with E-state index in [1.54, 1.807) is 44.4 Å². The van der Waals surface area contributed by atoms with Crippen molar-refractivity contribution in [3.05, 3.63) is 88.0 Å². The molecule has 1 amide bonds. The standard InChI is InChI=1S/C25H21BrN2O4/c1-30-21-7-5-4-6-19(21)24-27-20(14-16-8-13-22(31-2)23(15-16)32-3)25(29)28(24)18-11-9-17(26)10-12-18/h4-15H,1-3H3. The Morgan fingerprint density at radius 2 is 1.53 bits per heavy atom. The van der Waals surface area contributed by atoms with Crippen molar-refractivity contribution in [2.24, 2.45) is 4.99 Å². The monoisotopic (exact) mass is 492 g/mol. The van der Waals surface area contributed by atoms with Crippen LogP contribution in [0.5, 0.6) is 17.2 Å². The van der Waals surface area contributed by atoms with Crippen molar-refractivity contribution in [2.45, 2.75) is 0 Å². The van der Waals surface area contributed by atoms with E-state index in [-0.39, 0.29) is 5.91 Å². The first-order valence-corrected chi connectivity index (χ1v) is 10.6. The fourth-order valence-corrected chi connectivity index (χ4v) is 3.72. The van der Waals surface area contributed by atoms with Gasteiger partial charge in [-0.2, -0.15) is 0 Å². The fraction of sp³-hybridized carbons (Fsp3) is 0.120. The van der Waals surface area contributed by atoms with Gasteiger partial charge < -0.3 is 14.2 Å². The number of carbonyl (C=O) groups excluding carboxylic acids is 1. The van der Waals surface area contributed by atoms with Crippen LogP contribution in [-0.2, 0) is 4.79 Å². The minimum absolute atomic E-state index is 0.233. The van der Waals surface area contributed by atoms with Crippen LogP contribution in [0, 0.1) is 0 Å². The number of rotatable bonds is 6. The van der Waals surface area contributed by atoms with E-state index in [0.717, 1.165) is 15.6 Å².